The lowest BCUT2D eigenvalue weighted by atomic mass is 10.2. The third-order valence-electron chi connectivity index (χ3n) is 1.70. The van der Waals surface area contributed by atoms with E-state index in [-0.39, 0.29) is 12.1 Å². The van der Waals surface area contributed by atoms with Crippen LogP contribution in [-0.2, 0) is 4.74 Å². The summed E-state index contributed by atoms with van der Waals surface area (Å²) in [5.41, 5.74) is -0.484. The molecule has 0 heterocycles. The Balaban J connectivity index is 4.37. The van der Waals surface area contributed by atoms with Crippen molar-refractivity contribution >= 4 is 6.09 Å². The summed E-state index contributed by atoms with van der Waals surface area (Å²) >= 11 is 0. The van der Waals surface area contributed by atoms with Gasteiger partial charge >= 0.3 is 6.09 Å². The molecule has 0 atom stereocenters. The molecule has 0 aliphatic rings. The van der Waals surface area contributed by atoms with Gasteiger partial charge in [0.2, 0.25) is 6.54 Å². The average molecular weight is 212 g/mol. The number of hydrogen-bond acceptors (Lipinski definition) is 2. The summed E-state index contributed by atoms with van der Waals surface area (Å²) < 4.78 is 5.24. The van der Waals surface area contributed by atoms with Gasteiger partial charge in [0.25, 0.3) is 0 Å². The summed E-state index contributed by atoms with van der Waals surface area (Å²) in [5, 5.41) is 0. The number of amides is 1. The average Bonchev–Trinajstić information content (AvgIpc) is 2.00. The largest absolute Gasteiger partial charge is 0.444 e. The Kier molecular flexibility index (Phi) is 5.13. The van der Waals surface area contributed by atoms with Crippen LogP contribution in [0.3, 0.4) is 0 Å². The van der Waals surface area contributed by atoms with Gasteiger partial charge < -0.3 is 9.58 Å². The highest BCUT2D eigenvalue weighted by molar-refractivity contribution is 5.68. The first-order chi connectivity index (χ1) is 6.78. The van der Waals surface area contributed by atoms with Crippen LogP contribution in [0.4, 0.5) is 4.79 Å². The van der Waals surface area contributed by atoms with Gasteiger partial charge in [0.05, 0.1) is 6.54 Å². The Hall–Kier alpha value is -1.24. The minimum Gasteiger partial charge on any atom is -0.444 e. The smallest absolute Gasteiger partial charge is 0.410 e. The maximum absolute atomic E-state index is 11.7. The highest BCUT2D eigenvalue weighted by atomic mass is 16.6. The zero-order chi connectivity index (χ0) is 12.1. The highest BCUT2D eigenvalue weighted by Gasteiger charge is 2.24. The normalized spacial score (nSPS) is 11.0. The van der Waals surface area contributed by atoms with Crippen LogP contribution in [0, 0.1) is 6.57 Å². The van der Waals surface area contributed by atoms with Gasteiger partial charge in [-0.2, -0.15) is 0 Å². The van der Waals surface area contributed by atoms with Crippen molar-refractivity contribution in [3.63, 3.8) is 0 Å². The van der Waals surface area contributed by atoms with Gasteiger partial charge in [0, 0.05) is 6.04 Å². The predicted octanol–water partition coefficient (Wildman–Crippen LogP) is 2.55. The molecule has 4 nitrogen and oxygen atoms in total. The Morgan fingerprint density at radius 1 is 1.47 bits per heavy atom. The minimum absolute atomic E-state index is 0.0570. The van der Waals surface area contributed by atoms with E-state index in [1.165, 1.54) is 0 Å². The topological polar surface area (TPSA) is 33.9 Å². The Morgan fingerprint density at radius 3 is 2.33 bits per heavy atom. The SMILES string of the molecule is [C-]#[N+]CCN(C(=O)OC(C)(C)C)C(C)C. The van der Waals surface area contributed by atoms with Crippen LogP contribution < -0.4 is 0 Å². The van der Waals surface area contributed by atoms with E-state index >= 15 is 0 Å². The van der Waals surface area contributed by atoms with Gasteiger partial charge in [-0.3, -0.25) is 4.90 Å². The van der Waals surface area contributed by atoms with Gasteiger partial charge in [-0.05, 0) is 34.6 Å². The lowest BCUT2D eigenvalue weighted by Crippen LogP contribution is -2.42. The number of carbonyl (C=O) groups excluding carboxylic acids is 1. The van der Waals surface area contributed by atoms with Crippen LogP contribution in [0.1, 0.15) is 34.6 Å². The standard InChI is InChI=1S/C11H20N2O2/c1-9(2)13(8-7-12-6)10(14)15-11(3,4)5/h9H,7-8H2,1-5H3. The molecule has 0 N–H and O–H groups in total. The predicted molar refractivity (Wildman–Crippen MR) is 59.5 cm³/mol. The van der Waals surface area contributed by atoms with Crippen LogP contribution in [0.2, 0.25) is 0 Å². The second kappa shape index (κ2) is 5.59. The maximum Gasteiger partial charge on any atom is 0.410 e. The number of rotatable bonds is 3. The molecule has 0 aromatic rings. The summed E-state index contributed by atoms with van der Waals surface area (Å²) in [6.45, 7) is 16.8. The van der Waals surface area contributed by atoms with Crippen molar-refractivity contribution in [2.24, 2.45) is 0 Å². The Bertz CT molecular complexity index is 248. The summed E-state index contributed by atoms with van der Waals surface area (Å²) in [7, 11) is 0. The molecule has 0 saturated carbocycles. The van der Waals surface area contributed by atoms with Crippen molar-refractivity contribution in [2.45, 2.75) is 46.3 Å². The molecule has 0 radical (unpaired) electrons. The third kappa shape index (κ3) is 5.95. The number of carbonyl (C=O) groups is 1. The van der Waals surface area contributed by atoms with Gasteiger partial charge in [0.1, 0.15) is 5.60 Å². The molecule has 0 fully saturated rings. The lowest BCUT2D eigenvalue weighted by molar-refractivity contribution is 0.0202. The molecule has 0 spiro atoms. The monoisotopic (exact) mass is 212 g/mol. The molecule has 0 bridgehead atoms. The second-order valence-corrected chi connectivity index (χ2v) is 4.65. The summed E-state index contributed by atoms with van der Waals surface area (Å²) in [6, 6.07) is 0.0570. The molecule has 0 rings (SSSR count). The number of nitrogens with zero attached hydrogens (tertiary/aromatic N) is 2. The summed E-state index contributed by atoms with van der Waals surface area (Å²) in [6.07, 6.45) is -0.346. The van der Waals surface area contributed by atoms with Gasteiger partial charge in [-0.1, -0.05) is 0 Å². The van der Waals surface area contributed by atoms with Crippen molar-refractivity contribution < 1.29 is 9.53 Å². The number of hydrogen-bond donors (Lipinski definition) is 0. The molecule has 0 aliphatic carbocycles. The zero-order valence-corrected chi connectivity index (χ0v) is 10.2. The molecule has 15 heavy (non-hydrogen) atoms. The fourth-order valence-corrected chi connectivity index (χ4v) is 1.04. The van der Waals surface area contributed by atoms with Crippen molar-refractivity contribution in [3.8, 4) is 0 Å². The van der Waals surface area contributed by atoms with Crippen LogP contribution in [0.15, 0.2) is 0 Å². The van der Waals surface area contributed by atoms with Crippen molar-refractivity contribution in [1.82, 2.24) is 4.90 Å². The van der Waals surface area contributed by atoms with Crippen molar-refractivity contribution in [2.75, 3.05) is 13.1 Å². The minimum atomic E-state index is -0.484. The molecule has 0 aromatic carbocycles. The van der Waals surface area contributed by atoms with Crippen LogP contribution in [0.25, 0.3) is 4.85 Å². The van der Waals surface area contributed by atoms with E-state index in [0.29, 0.717) is 13.1 Å². The molecule has 4 heteroatoms. The van der Waals surface area contributed by atoms with Crippen LogP contribution in [0.5, 0.6) is 0 Å². The quantitative estimate of drug-likeness (QED) is 0.674. The van der Waals surface area contributed by atoms with E-state index < -0.39 is 5.60 Å². The first kappa shape index (κ1) is 13.8. The Labute approximate surface area is 92.0 Å². The summed E-state index contributed by atoms with van der Waals surface area (Å²) in [4.78, 5) is 16.5. The van der Waals surface area contributed by atoms with Gasteiger partial charge in [-0.15, -0.1) is 0 Å². The first-order valence-electron chi connectivity index (χ1n) is 5.10. The van der Waals surface area contributed by atoms with Gasteiger partial charge in [-0.25, -0.2) is 11.4 Å². The van der Waals surface area contributed by atoms with Crippen molar-refractivity contribution in [1.29, 1.82) is 0 Å². The first-order valence-corrected chi connectivity index (χ1v) is 5.10. The molecule has 0 unspecified atom stereocenters. The lowest BCUT2D eigenvalue weighted by Gasteiger charge is -2.28. The highest BCUT2D eigenvalue weighted by Crippen LogP contribution is 2.11. The van der Waals surface area contributed by atoms with E-state index in [0.717, 1.165) is 0 Å². The van der Waals surface area contributed by atoms with E-state index in [4.69, 9.17) is 11.3 Å². The fourth-order valence-electron chi connectivity index (χ4n) is 1.04. The molecule has 86 valence electrons. The van der Waals surface area contributed by atoms with E-state index in [1.54, 1.807) is 4.90 Å². The van der Waals surface area contributed by atoms with Gasteiger partial charge in [0.15, 0.2) is 0 Å². The van der Waals surface area contributed by atoms with Crippen molar-refractivity contribution in [3.05, 3.63) is 11.4 Å². The molecule has 1 amide bonds. The van der Waals surface area contributed by atoms with E-state index in [2.05, 4.69) is 4.85 Å². The third-order valence-corrected chi connectivity index (χ3v) is 1.70. The maximum atomic E-state index is 11.7. The van der Waals surface area contributed by atoms with E-state index in [1.807, 2.05) is 34.6 Å². The zero-order valence-electron chi connectivity index (χ0n) is 10.2. The molecular formula is C11H20N2O2. The van der Waals surface area contributed by atoms with E-state index in [9.17, 15) is 4.79 Å². The molecule has 0 aromatic heterocycles. The summed E-state index contributed by atoms with van der Waals surface area (Å²) in [5.74, 6) is 0. The molecule has 0 aliphatic heterocycles. The molecule has 0 saturated heterocycles. The Morgan fingerprint density at radius 2 is 2.00 bits per heavy atom. The number of ether oxygens (including phenoxy) is 1. The van der Waals surface area contributed by atoms with Crippen LogP contribution >= 0.6 is 0 Å². The second-order valence-electron chi connectivity index (χ2n) is 4.65. The fraction of sp³-hybridized carbons (Fsp3) is 0.818. The van der Waals surface area contributed by atoms with Crippen LogP contribution in [-0.4, -0.2) is 35.7 Å². The molecular weight excluding hydrogens is 192 g/mol.